The summed E-state index contributed by atoms with van der Waals surface area (Å²) < 4.78 is 7.08. The lowest BCUT2D eigenvalue weighted by Crippen LogP contribution is -2.35. The molecule has 2 N–H and O–H groups in total. The monoisotopic (exact) mass is 374 g/mol. The van der Waals surface area contributed by atoms with Gasteiger partial charge in [0.25, 0.3) is 5.56 Å². The van der Waals surface area contributed by atoms with Gasteiger partial charge in [0.2, 0.25) is 0 Å². The zero-order valence-electron chi connectivity index (χ0n) is 14.8. The molecule has 1 saturated heterocycles. The topological polar surface area (TPSA) is 71.9 Å². The molecule has 26 heavy (non-hydrogen) atoms. The number of rotatable bonds is 5. The van der Waals surface area contributed by atoms with Gasteiger partial charge in [0.15, 0.2) is 0 Å². The van der Waals surface area contributed by atoms with Crippen LogP contribution in [0.5, 0.6) is 0 Å². The van der Waals surface area contributed by atoms with Gasteiger partial charge < -0.3 is 14.6 Å². The Morgan fingerprint density at radius 1 is 1.42 bits per heavy atom. The van der Waals surface area contributed by atoms with Gasteiger partial charge in [-0.1, -0.05) is 11.6 Å². The maximum absolute atomic E-state index is 13.4. The normalized spacial score (nSPS) is 18.0. The number of pyridine rings is 1. The highest BCUT2D eigenvalue weighted by Gasteiger charge is 2.20. The van der Waals surface area contributed by atoms with Crippen molar-refractivity contribution in [3.63, 3.8) is 0 Å². The minimum atomic E-state index is 0.0141. The van der Waals surface area contributed by atoms with E-state index in [2.05, 4.69) is 15.5 Å². The summed E-state index contributed by atoms with van der Waals surface area (Å²) in [6, 6.07) is 5.66. The number of nitrogens with zero attached hydrogens (tertiary/aromatic N) is 2. The van der Waals surface area contributed by atoms with Crippen LogP contribution in [0.15, 0.2) is 23.0 Å². The molecule has 0 bridgehead atoms. The van der Waals surface area contributed by atoms with Crippen LogP contribution in [0.4, 0.5) is 0 Å². The zero-order valence-corrected chi connectivity index (χ0v) is 15.6. The van der Waals surface area contributed by atoms with Crippen LogP contribution in [-0.4, -0.2) is 41.6 Å². The number of benzene rings is 1. The molecule has 0 unspecified atom stereocenters. The number of aromatic amines is 1. The van der Waals surface area contributed by atoms with E-state index in [1.807, 2.05) is 22.8 Å². The number of nitrogens with one attached hydrogen (secondary N) is 2. The van der Waals surface area contributed by atoms with Gasteiger partial charge in [-0.2, -0.15) is 5.10 Å². The third-order valence-electron chi connectivity index (χ3n) is 5.20. The molecule has 1 aromatic carbocycles. The Morgan fingerprint density at radius 3 is 3.08 bits per heavy atom. The molecular weight excluding hydrogens is 352 g/mol. The number of fused-ring (bicyclic) bond motifs is 3. The Hall–Kier alpha value is -1.89. The van der Waals surface area contributed by atoms with E-state index in [4.69, 9.17) is 16.3 Å². The summed E-state index contributed by atoms with van der Waals surface area (Å²) in [6.07, 6.45) is 2.91. The van der Waals surface area contributed by atoms with Crippen LogP contribution in [0.1, 0.15) is 18.5 Å². The molecule has 1 aliphatic heterocycles. The first kappa shape index (κ1) is 17.5. The van der Waals surface area contributed by atoms with Crippen molar-refractivity contribution in [1.29, 1.82) is 0 Å². The molecule has 4 rings (SSSR count). The van der Waals surface area contributed by atoms with Gasteiger partial charge >= 0.3 is 0 Å². The second kappa shape index (κ2) is 7.39. The first-order valence-corrected chi connectivity index (χ1v) is 9.45. The smallest absolute Gasteiger partial charge is 0.262 e. The molecule has 1 fully saturated rings. The zero-order chi connectivity index (χ0) is 18.1. The van der Waals surface area contributed by atoms with Crippen molar-refractivity contribution in [2.75, 3.05) is 26.8 Å². The van der Waals surface area contributed by atoms with Crippen LogP contribution in [-0.2, 0) is 17.7 Å². The van der Waals surface area contributed by atoms with Gasteiger partial charge in [-0.3, -0.25) is 9.89 Å². The average Bonchev–Trinajstić information content (AvgIpc) is 3.08. The molecule has 3 heterocycles. The lowest BCUT2D eigenvalue weighted by atomic mass is 9.99. The summed E-state index contributed by atoms with van der Waals surface area (Å²) in [6.45, 7) is 3.25. The van der Waals surface area contributed by atoms with E-state index in [0.717, 1.165) is 42.5 Å². The summed E-state index contributed by atoms with van der Waals surface area (Å²) in [4.78, 5) is 13.4. The van der Waals surface area contributed by atoms with Gasteiger partial charge in [-0.05, 0) is 50.0 Å². The van der Waals surface area contributed by atoms with Crippen LogP contribution in [0.25, 0.3) is 21.8 Å². The van der Waals surface area contributed by atoms with E-state index in [0.29, 0.717) is 41.4 Å². The van der Waals surface area contributed by atoms with Crippen molar-refractivity contribution in [2.45, 2.75) is 25.8 Å². The van der Waals surface area contributed by atoms with Gasteiger partial charge in [0.1, 0.15) is 5.52 Å². The van der Waals surface area contributed by atoms with E-state index in [1.54, 1.807) is 7.11 Å². The largest absolute Gasteiger partial charge is 0.384 e. The second-order valence-corrected chi connectivity index (χ2v) is 7.39. The van der Waals surface area contributed by atoms with Gasteiger partial charge in [0.05, 0.1) is 23.2 Å². The average molecular weight is 375 g/mol. The van der Waals surface area contributed by atoms with Crippen LogP contribution in [0.3, 0.4) is 0 Å². The number of ether oxygens (including phenoxy) is 1. The quantitative estimate of drug-likeness (QED) is 0.720. The third kappa shape index (κ3) is 3.13. The molecule has 138 valence electrons. The third-order valence-corrected chi connectivity index (χ3v) is 5.44. The molecule has 0 saturated carbocycles. The molecule has 0 spiro atoms. The highest BCUT2D eigenvalue weighted by atomic mass is 35.5. The van der Waals surface area contributed by atoms with Crippen LogP contribution >= 0.6 is 11.6 Å². The molecule has 0 aliphatic carbocycles. The van der Waals surface area contributed by atoms with Crippen molar-refractivity contribution >= 4 is 33.4 Å². The molecule has 7 heteroatoms. The number of hydrogen-bond acceptors (Lipinski definition) is 4. The van der Waals surface area contributed by atoms with E-state index >= 15 is 0 Å². The maximum Gasteiger partial charge on any atom is 0.262 e. The molecule has 1 atom stereocenters. The van der Waals surface area contributed by atoms with E-state index in [-0.39, 0.29) is 5.56 Å². The molecule has 6 nitrogen and oxygen atoms in total. The second-order valence-electron chi connectivity index (χ2n) is 6.96. The minimum absolute atomic E-state index is 0.0141. The summed E-state index contributed by atoms with van der Waals surface area (Å²) >= 11 is 6.24. The first-order valence-electron chi connectivity index (χ1n) is 9.07. The van der Waals surface area contributed by atoms with Crippen molar-refractivity contribution in [3.05, 3.63) is 39.3 Å². The van der Waals surface area contributed by atoms with Crippen molar-refractivity contribution < 1.29 is 4.74 Å². The lowest BCUT2D eigenvalue weighted by Gasteiger charge is -2.24. The Balaban J connectivity index is 1.91. The van der Waals surface area contributed by atoms with Gasteiger partial charge in [-0.15, -0.1) is 0 Å². The summed E-state index contributed by atoms with van der Waals surface area (Å²) in [5.74, 6) is 0.451. The molecule has 1 aliphatic rings. The predicted molar refractivity (Wildman–Crippen MR) is 104 cm³/mol. The van der Waals surface area contributed by atoms with E-state index in [1.165, 1.54) is 0 Å². The van der Waals surface area contributed by atoms with Crippen molar-refractivity contribution in [2.24, 2.45) is 5.92 Å². The summed E-state index contributed by atoms with van der Waals surface area (Å²) in [5.41, 5.74) is 2.42. The Morgan fingerprint density at radius 2 is 2.31 bits per heavy atom. The fourth-order valence-corrected chi connectivity index (χ4v) is 4.06. The van der Waals surface area contributed by atoms with Crippen molar-refractivity contribution in [3.8, 4) is 0 Å². The van der Waals surface area contributed by atoms with Gasteiger partial charge in [0, 0.05) is 30.5 Å². The maximum atomic E-state index is 13.4. The SMILES string of the molecule is COCCc1[nH]nc2c1c(=O)n(C[C@H]1CCCNC1)c1ccc(Cl)cc21. The highest BCUT2D eigenvalue weighted by molar-refractivity contribution is 6.31. The molecule has 2 aromatic heterocycles. The van der Waals surface area contributed by atoms with Crippen LogP contribution in [0, 0.1) is 5.92 Å². The number of piperidine rings is 1. The summed E-state index contributed by atoms with van der Waals surface area (Å²) in [5, 5.41) is 13.1. The number of hydrogen-bond donors (Lipinski definition) is 2. The number of H-pyrrole nitrogens is 1. The Kier molecular flexibility index (Phi) is 4.98. The highest BCUT2D eigenvalue weighted by Crippen LogP contribution is 2.27. The fourth-order valence-electron chi connectivity index (χ4n) is 3.89. The first-order chi connectivity index (χ1) is 12.7. The fraction of sp³-hybridized carbons (Fsp3) is 0.474. The van der Waals surface area contributed by atoms with Crippen molar-refractivity contribution in [1.82, 2.24) is 20.1 Å². The molecule has 0 amide bonds. The Labute approximate surface area is 156 Å². The van der Waals surface area contributed by atoms with Crippen LogP contribution in [0.2, 0.25) is 5.02 Å². The molecule has 0 radical (unpaired) electrons. The standard InChI is InChI=1S/C19H23ClN4O2/c1-26-8-6-15-17-18(23-22-15)14-9-13(20)4-5-16(14)24(19(17)25)11-12-3-2-7-21-10-12/h4-5,9,12,21H,2-3,6-8,10-11H2,1H3,(H,22,23)/t12-/m0/s1. The number of aromatic nitrogens is 3. The van der Waals surface area contributed by atoms with Crippen LogP contribution < -0.4 is 10.9 Å². The lowest BCUT2D eigenvalue weighted by molar-refractivity contribution is 0.201. The molecule has 3 aromatic rings. The van der Waals surface area contributed by atoms with Gasteiger partial charge in [-0.25, -0.2) is 0 Å². The minimum Gasteiger partial charge on any atom is -0.384 e. The van der Waals surface area contributed by atoms with E-state index in [9.17, 15) is 4.79 Å². The number of methoxy groups -OCH3 is 1. The Bertz CT molecular complexity index is 989. The number of halogens is 1. The molecular formula is C19H23ClN4O2. The summed E-state index contributed by atoms with van der Waals surface area (Å²) in [7, 11) is 1.65. The predicted octanol–water partition coefficient (Wildman–Crippen LogP) is 2.72. The van der Waals surface area contributed by atoms with E-state index < -0.39 is 0 Å².